The summed E-state index contributed by atoms with van der Waals surface area (Å²) >= 11 is 5.48. The normalized spacial score (nSPS) is 13.1. The van der Waals surface area contributed by atoms with Crippen molar-refractivity contribution >= 4 is 23.5 Å². The second kappa shape index (κ2) is 6.84. The van der Waals surface area contributed by atoms with Gasteiger partial charge in [0.2, 0.25) is 0 Å². The standard InChI is InChI=1S/C12H22ClNO3/c1-6-14(8-9(2)10(15)7-13)11(16)17-12(3,4)5/h9H,6-8H2,1-5H3. The highest BCUT2D eigenvalue weighted by Crippen LogP contribution is 2.11. The zero-order valence-corrected chi connectivity index (χ0v) is 12.0. The van der Waals surface area contributed by atoms with Crippen LogP contribution in [0.25, 0.3) is 0 Å². The van der Waals surface area contributed by atoms with E-state index in [0.29, 0.717) is 13.1 Å². The molecule has 1 atom stereocenters. The first-order chi connectivity index (χ1) is 7.71. The van der Waals surface area contributed by atoms with Gasteiger partial charge in [0.25, 0.3) is 0 Å². The second-order valence-electron chi connectivity index (χ2n) is 5.02. The SMILES string of the molecule is CCN(CC(C)C(=O)CCl)C(=O)OC(C)(C)C. The van der Waals surface area contributed by atoms with Gasteiger partial charge in [-0.25, -0.2) is 4.79 Å². The lowest BCUT2D eigenvalue weighted by atomic mass is 10.1. The molecule has 0 saturated carbocycles. The summed E-state index contributed by atoms with van der Waals surface area (Å²) in [4.78, 5) is 24.7. The van der Waals surface area contributed by atoms with E-state index < -0.39 is 11.7 Å². The minimum absolute atomic E-state index is 0.0208. The predicted octanol–water partition coefficient (Wildman–Crippen LogP) is 2.69. The highest BCUT2D eigenvalue weighted by Gasteiger charge is 2.24. The van der Waals surface area contributed by atoms with Crippen molar-refractivity contribution < 1.29 is 14.3 Å². The van der Waals surface area contributed by atoms with Crippen LogP contribution in [-0.4, -0.2) is 41.3 Å². The summed E-state index contributed by atoms with van der Waals surface area (Å²) in [5, 5.41) is 0. The molecule has 5 heteroatoms. The maximum absolute atomic E-state index is 11.8. The molecule has 0 fully saturated rings. The van der Waals surface area contributed by atoms with E-state index in [1.807, 2.05) is 27.7 Å². The van der Waals surface area contributed by atoms with Crippen LogP contribution in [0.2, 0.25) is 0 Å². The fourth-order valence-electron chi connectivity index (χ4n) is 1.22. The Morgan fingerprint density at radius 2 is 1.88 bits per heavy atom. The highest BCUT2D eigenvalue weighted by atomic mass is 35.5. The Bertz CT molecular complexity index is 273. The Kier molecular flexibility index (Phi) is 6.53. The lowest BCUT2D eigenvalue weighted by molar-refractivity contribution is -0.120. The lowest BCUT2D eigenvalue weighted by Gasteiger charge is -2.27. The van der Waals surface area contributed by atoms with Gasteiger partial charge in [0.1, 0.15) is 5.60 Å². The zero-order valence-electron chi connectivity index (χ0n) is 11.2. The lowest BCUT2D eigenvalue weighted by Crippen LogP contribution is -2.40. The van der Waals surface area contributed by atoms with Crippen molar-refractivity contribution in [3.05, 3.63) is 0 Å². The smallest absolute Gasteiger partial charge is 0.410 e. The Hall–Kier alpha value is -0.770. The van der Waals surface area contributed by atoms with Crippen LogP contribution in [0.3, 0.4) is 0 Å². The van der Waals surface area contributed by atoms with Crippen LogP contribution < -0.4 is 0 Å². The first kappa shape index (κ1) is 16.2. The number of carbonyl (C=O) groups is 2. The van der Waals surface area contributed by atoms with Crippen LogP contribution in [0.15, 0.2) is 0 Å². The van der Waals surface area contributed by atoms with Gasteiger partial charge in [0.05, 0.1) is 5.88 Å². The molecular formula is C12H22ClNO3. The van der Waals surface area contributed by atoms with E-state index in [9.17, 15) is 9.59 Å². The zero-order chi connectivity index (χ0) is 13.6. The van der Waals surface area contributed by atoms with Gasteiger partial charge in [-0.3, -0.25) is 4.79 Å². The van der Waals surface area contributed by atoms with Gasteiger partial charge in [-0.1, -0.05) is 6.92 Å². The Labute approximate surface area is 108 Å². The number of hydrogen-bond donors (Lipinski definition) is 0. The maximum atomic E-state index is 11.8. The molecule has 0 aromatic carbocycles. The summed E-state index contributed by atoms with van der Waals surface area (Å²) < 4.78 is 5.25. The number of ether oxygens (including phenoxy) is 1. The molecule has 17 heavy (non-hydrogen) atoms. The van der Waals surface area contributed by atoms with E-state index in [2.05, 4.69) is 0 Å². The second-order valence-corrected chi connectivity index (χ2v) is 5.29. The van der Waals surface area contributed by atoms with Gasteiger partial charge < -0.3 is 9.64 Å². The first-order valence-corrected chi connectivity index (χ1v) is 6.31. The number of carbonyl (C=O) groups excluding carboxylic acids is 2. The molecule has 0 saturated heterocycles. The van der Waals surface area contributed by atoms with Crippen LogP contribution in [0, 0.1) is 5.92 Å². The summed E-state index contributed by atoms with van der Waals surface area (Å²) in [6.07, 6.45) is -0.394. The molecule has 0 aliphatic carbocycles. The largest absolute Gasteiger partial charge is 0.444 e. The molecule has 0 N–H and O–H groups in total. The summed E-state index contributed by atoms with van der Waals surface area (Å²) in [5.74, 6) is -0.346. The molecule has 0 radical (unpaired) electrons. The fraction of sp³-hybridized carbons (Fsp3) is 0.833. The van der Waals surface area contributed by atoms with Gasteiger partial charge in [0, 0.05) is 19.0 Å². The quantitative estimate of drug-likeness (QED) is 0.717. The summed E-state index contributed by atoms with van der Waals surface area (Å²) in [7, 11) is 0. The minimum atomic E-state index is -0.524. The van der Waals surface area contributed by atoms with Gasteiger partial charge >= 0.3 is 6.09 Å². The molecule has 4 nitrogen and oxygen atoms in total. The Balaban J connectivity index is 4.43. The van der Waals surface area contributed by atoms with Crippen LogP contribution in [0.5, 0.6) is 0 Å². The molecule has 0 heterocycles. The third-order valence-electron chi connectivity index (χ3n) is 2.21. The van der Waals surface area contributed by atoms with Crippen molar-refractivity contribution in [1.29, 1.82) is 0 Å². The van der Waals surface area contributed by atoms with Crippen molar-refractivity contribution in [2.24, 2.45) is 5.92 Å². The number of ketones is 1. The van der Waals surface area contributed by atoms with Gasteiger partial charge in [-0.2, -0.15) is 0 Å². The summed E-state index contributed by atoms with van der Waals surface area (Å²) in [5.41, 5.74) is -0.524. The number of hydrogen-bond acceptors (Lipinski definition) is 3. The monoisotopic (exact) mass is 263 g/mol. The van der Waals surface area contributed by atoms with E-state index in [4.69, 9.17) is 16.3 Å². The summed E-state index contributed by atoms with van der Waals surface area (Å²) in [6.45, 7) is 9.90. The van der Waals surface area contributed by atoms with Crippen molar-refractivity contribution in [3.8, 4) is 0 Å². The number of rotatable bonds is 5. The molecule has 0 aromatic heterocycles. The van der Waals surface area contributed by atoms with Crippen molar-refractivity contribution in [3.63, 3.8) is 0 Å². The average Bonchev–Trinajstić information content (AvgIpc) is 2.21. The van der Waals surface area contributed by atoms with Crippen LogP contribution in [0.1, 0.15) is 34.6 Å². The third-order valence-corrected chi connectivity index (χ3v) is 2.47. The molecule has 0 aliphatic rings. The van der Waals surface area contributed by atoms with E-state index >= 15 is 0 Å². The minimum Gasteiger partial charge on any atom is -0.444 e. The van der Waals surface area contributed by atoms with Crippen molar-refractivity contribution in [2.75, 3.05) is 19.0 Å². The number of alkyl halides is 1. The number of halogens is 1. The molecule has 1 unspecified atom stereocenters. The van der Waals surface area contributed by atoms with Crippen molar-refractivity contribution in [1.82, 2.24) is 4.90 Å². The third kappa shape index (κ3) is 6.51. The highest BCUT2D eigenvalue weighted by molar-refractivity contribution is 6.27. The summed E-state index contributed by atoms with van der Waals surface area (Å²) in [6, 6.07) is 0. The predicted molar refractivity (Wildman–Crippen MR) is 68.4 cm³/mol. The fourth-order valence-corrected chi connectivity index (χ4v) is 1.49. The molecule has 0 spiro atoms. The molecule has 0 aromatic rings. The van der Waals surface area contributed by atoms with Gasteiger partial charge in [0.15, 0.2) is 5.78 Å². The molecular weight excluding hydrogens is 242 g/mol. The molecule has 100 valence electrons. The first-order valence-electron chi connectivity index (χ1n) is 5.77. The topological polar surface area (TPSA) is 46.6 Å². The van der Waals surface area contributed by atoms with E-state index in [-0.39, 0.29) is 17.6 Å². The number of Topliss-reactive ketones (excluding diaryl/α,β-unsaturated/α-hetero) is 1. The van der Waals surface area contributed by atoms with E-state index in [1.54, 1.807) is 6.92 Å². The molecule has 0 bridgehead atoms. The average molecular weight is 264 g/mol. The van der Waals surface area contributed by atoms with Gasteiger partial charge in [-0.15, -0.1) is 11.6 Å². The maximum Gasteiger partial charge on any atom is 0.410 e. The molecule has 1 amide bonds. The Morgan fingerprint density at radius 3 is 2.24 bits per heavy atom. The number of amides is 1. The van der Waals surface area contributed by atoms with Crippen molar-refractivity contribution in [2.45, 2.75) is 40.2 Å². The Morgan fingerprint density at radius 1 is 1.35 bits per heavy atom. The van der Waals surface area contributed by atoms with Crippen LogP contribution in [0.4, 0.5) is 4.79 Å². The van der Waals surface area contributed by atoms with Crippen LogP contribution in [-0.2, 0) is 9.53 Å². The van der Waals surface area contributed by atoms with Crippen LogP contribution >= 0.6 is 11.6 Å². The number of nitrogens with zero attached hydrogens (tertiary/aromatic N) is 1. The van der Waals surface area contributed by atoms with Gasteiger partial charge in [-0.05, 0) is 27.7 Å². The van der Waals surface area contributed by atoms with E-state index in [0.717, 1.165) is 0 Å². The molecule has 0 rings (SSSR count). The molecule has 0 aliphatic heterocycles. The van der Waals surface area contributed by atoms with E-state index in [1.165, 1.54) is 4.90 Å².